The second-order valence-corrected chi connectivity index (χ2v) is 4.79. The zero-order chi connectivity index (χ0) is 8.81. The topological polar surface area (TPSA) is 9.23 Å². The van der Waals surface area contributed by atoms with Crippen molar-refractivity contribution in [2.45, 2.75) is 38.4 Å². The molecule has 1 rings (SSSR count). The van der Waals surface area contributed by atoms with Crippen LogP contribution in [-0.2, 0) is 4.74 Å². The van der Waals surface area contributed by atoms with Gasteiger partial charge in [0, 0.05) is 11.6 Å². The Bertz CT molecular complexity index is 121. The summed E-state index contributed by atoms with van der Waals surface area (Å²) in [5, 5.41) is 0. The Morgan fingerprint density at radius 1 is 1.50 bits per heavy atom. The molecule has 1 aliphatic heterocycles. The van der Waals surface area contributed by atoms with Gasteiger partial charge in [-0.2, -0.15) is 11.8 Å². The molecular formula is C9H17ClOS. The molecule has 1 heterocycles. The van der Waals surface area contributed by atoms with Crippen LogP contribution in [0.3, 0.4) is 0 Å². The van der Waals surface area contributed by atoms with E-state index >= 15 is 0 Å². The molecule has 72 valence electrons. The highest BCUT2D eigenvalue weighted by atomic mass is 35.5. The fraction of sp³-hybridized carbons (Fsp3) is 1.00. The van der Waals surface area contributed by atoms with Crippen LogP contribution in [0.2, 0.25) is 0 Å². The van der Waals surface area contributed by atoms with Crippen molar-refractivity contribution in [1.29, 1.82) is 0 Å². The van der Waals surface area contributed by atoms with Gasteiger partial charge in [-0.1, -0.05) is 0 Å². The number of hydrogen-bond donors (Lipinski definition) is 0. The van der Waals surface area contributed by atoms with Crippen molar-refractivity contribution >= 4 is 23.4 Å². The largest absolute Gasteiger partial charge is 0.374 e. The summed E-state index contributed by atoms with van der Waals surface area (Å²) in [5.74, 6) is 3.12. The quantitative estimate of drug-likeness (QED) is 0.508. The minimum absolute atomic E-state index is 0.489. The molecule has 0 amide bonds. The molecule has 0 spiro atoms. The van der Waals surface area contributed by atoms with Crippen LogP contribution in [0.5, 0.6) is 0 Å². The number of halogens is 1. The molecule has 3 heteroatoms. The third-order valence-electron chi connectivity index (χ3n) is 2.05. The van der Waals surface area contributed by atoms with Crippen LogP contribution in [0.25, 0.3) is 0 Å². The molecular weight excluding hydrogens is 192 g/mol. The highest BCUT2D eigenvalue weighted by molar-refractivity contribution is 7.99. The molecule has 0 N–H and O–H groups in total. The van der Waals surface area contributed by atoms with Crippen LogP contribution in [0.15, 0.2) is 0 Å². The van der Waals surface area contributed by atoms with Crippen molar-refractivity contribution in [2.75, 3.05) is 17.4 Å². The standard InChI is InChI=1S/C9H17ClOS/c1-8-3-4-9(11-8)7-12-6-2-5-10/h8-9H,2-7H2,1H3. The van der Waals surface area contributed by atoms with Gasteiger partial charge in [-0.3, -0.25) is 0 Å². The molecule has 12 heavy (non-hydrogen) atoms. The molecule has 1 nitrogen and oxygen atoms in total. The predicted octanol–water partition coefficient (Wildman–Crippen LogP) is 2.92. The fourth-order valence-electron chi connectivity index (χ4n) is 1.38. The Morgan fingerprint density at radius 3 is 2.92 bits per heavy atom. The monoisotopic (exact) mass is 208 g/mol. The van der Waals surface area contributed by atoms with Crippen LogP contribution in [0.4, 0.5) is 0 Å². The maximum atomic E-state index is 5.69. The first-order chi connectivity index (χ1) is 5.83. The van der Waals surface area contributed by atoms with Crippen molar-refractivity contribution in [3.63, 3.8) is 0 Å². The fourth-order valence-corrected chi connectivity index (χ4v) is 2.69. The Hall–Kier alpha value is 0.600. The van der Waals surface area contributed by atoms with Crippen LogP contribution in [0, 0.1) is 0 Å². The van der Waals surface area contributed by atoms with Gasteiger partial charge in [0.15, 0.2) is 0 Å². The van der Waals surface area contributed by atoms with Crippen LogP contribution in [-0.4, -0.2) is 29.6 Å². The van der Waals surface area contributed by atoms with Crippen LogP contribution in [0.1, 0.15) is 26.2 Å². The van der Waals surface area contributed by atoms with E-state index in [2.05, 4.69) is 6.92 Å². The smallest absolute Gasteiger partial charge is 0.0670 e. The average molecular weight is 209 g/mol. The lowest BCUT2D eigenvalue weighted by molar-refractivity contribution is 0.0700. The summed E-state index contributed by atoms with van der Waals surface area (Å²) >= 11 is 7.54. The minimum atomic E-state index is 0.489. The lowest BCUT2D eigenvalue weighted by Gasteiger charge is -2.09. The number of thioether (sulfide) groups is 1. The van der Waals surface area contributed by atoms with Gasteiger partial charge >= 0.3 is 0 Å². The summed E-state index contributed by atoms with van der Waals surface area (Å²) in [4.78, 5) is 0. The molecule has 0 aromatic heterocycles. The lowest BCUT2D eigenvalue weighted by atomic mass is 10.2. The first kappa shape index (κ1) is 10.7. The maximum Gasteiger partial charge on any atom is 0.0670 e. The van der Waals surface area contributed by atoms with E-state index in [0.717, 1.165) is 18.1 Å². The van der Waals surface area contributed by atoms with Crippen LogP contribution < -0.4 is 0 Å². The summed E-state index contributed by atoms with van der Waals surface area (Å²) < 4.78 is 5.69. The number of ether oxygens (including phenoxy) is 1. The molecule has 1 saturated heterocycles. The van der Waals surface area contributed by atoms with Gasteiger partial charge in [-0.05, 0) is 31.9 Å². The minimum Gasteiger partial charge on any atom is -0.374 e. The van der Waals surface area contributed by atoms with Crippen molar-refractivity contribution in [3.05, 3.63) is 0 Å². The molecule has 0 radical (unpaired) electrons. The Balaban J connectivity index is 1.93. The second-order valence-electron chi connectivity index (χ2n) is 3.26. The number of alkyl halides is 1. The van der Waals surface area contributed by atoms with Crippen molar-refractivity contribution in [3.8, 4) is 0 Å². The highest BCUT2D eigenvalue weighted by Gasteiger charge is 2.20. The third kappa shape index (κ3) is 4.01. The predicted molar refractivity (Wildman–Crippen MR) is 56.2 cm³/mol. The van der Waals surface area contributed by atoms with E-state index in [1.165, 1.54) is 18.6 Å². The number of hydrogen-bond acceptors (Lipinski definition) is 2. The van der Waals surface area contributed by atoms with E-state index in [1.807, 2.05) is 11.8 Å². The summed E-state index contributed by atoms with van der Waals surface area (Å²) in [5.41, 5.74) is 0. The molecule has 2 unspecified atom stereocenters. The van der Waals surface area contributed by atoms with E-state index in [0.29, 0.717) is 12.2 Å². The second kappa shape index (κ2) is 6.11. The van der Waals surface area contributed by atoms with E-state index in [4.69, 9.17) is 16.3 Å². The first-order valence-electron chi connectivity index (χ1n) is 4.62. The molecule has 0 aromatic rings. The Labute approximate surface area is 84.2 Å². The van der Waals surface area contributed by atoms with E-state index in [9.17, 15) is 0 Å². The van der Waals surface area contributed by atoms with Crippen molar-refractivity contribution in [1.82, 2.24) is 0 Å². The molecule has 0 aromatic carbocycles. The number of rotatable bonds is 5. The molecule has 1 fully saturated rings. The van der Waals surface area contributed by atoms with Gasteiger partial charge < -0.3 is 4.74 Å². The molecule has 0 bridgehead atoms. The highest BCUT2D eigenvalue weighted by Crippen LogP contribution is 2.22. The zero-order valence-corrected chi connectivity index (χ0v) is 9.16. The van der Waals surface area contributed by atoms with E-state index in [1.54, 1.807) is 0 Å². The van der Waals surface area contributed by atoms with Gasteiger partial charge in [0.25, 0.3) is 0 Å². The van der Waals surface area contributed by atoms with Gasteiger partial charge in [0.05, 0.1) is 12.2 Å². The lowest BCUT2D eigenvalue weighted by Crippen LogP contribution is -2.11. The molecule has 1 aliphatic rings. The summed E-state index contributed by atoms with van der Waals surface area (Å²) in [6, 6.07) is 0. The zero-order valence-electron chi connectivity index (χ0n) is 7.59. The molecule has 2 atom stereocenters. The maximum absolute atomic E-state index is 5.69. The SMILES string of the molecule is CC1CCC(CSCCCCl)O1. The third-order valence-corrected chi connectivity index (χ3v) is 3.50. The summed E-state index contributed by atoms with van der Waals surface area (Å²) in [6.07, 6.45) is 4.61. The molecule has 0 aliphatic carbocycles. The Morgan fingerprint density at radius 2 is 2.33 bits per heavy atom. The molecule has 0 saturated carbocycles. The van der Waals surface area contributed by atoms with Gasteiger partial charge in [0.2, 0.25) is 0 Å². The van der Waals surface area contributed by atoms with Crippen molar-refractivity contribution in [2.24, 2.45) is 0 Å². The first-order valence-corrected chi connectivity index (χ1v) is 6.31. The van der Waals surface area contributed by atoms with E-state index in [-0.39, 0.29) is 0 Å². The summed E-state index contributed by atoms with van der Waals surface area (Å²) in [6.45, 7) is 2.16. The van der Waals surface area contributed by atoms with Gasteiger partial charge in [-0.25, -0.2) is 0 Å². The average Bonchev–Trinajstić information content (AvgIpc) is 2.45. The van der Waals surface area contributed by atoms with Crippen LogP contribution >= 0.6 is 23.4 Å². The van der Waals surface area contributed by atoms with E-state index < -0.39 is 0 Å². The van der Waals surface area contributed by atoms with Gasteiger partial charge in [-0.15, -0.1) is 11.6 Å². The van der Waals surface area contributed by atoms with Gasteiger partial charge in [0.1, 0.15) is 0 Å². The Kier molecular flexibility index (Phi) is 5.44. The van der Waals surface area contributed by atoms with Crippen molar-refractivity contribution < 1.29 is 4.74 Å². The summed E-state index contributed by atoms with van der Waals surface area (Å²) in [7, 11) is 0. The normalized spacial score (nSPS) is 29.5.